The van der Waals surface area contributed by atoms with Crippen molar-refractivity contribution in [1.29, 1.82) is 0 Å². The van der Waals surface area contributed by atoms with Crippen molar-refractivity contribution in [2.24, 2.45) is 0 Å². The van der Waals surface area contributed by atoms with Gasteiger partial charge in [-0.2, -0.15) is 0 Å². The fourth-order valence-electron chi connectivity index (χ4n) is 1.78. The van der Waals surface area contributed by atoms with Crippen LogP contribution in [0.3, 0.4) is 0 Å². The molecule has 2 aromatic rings. The summed E-state index contributed by atoms with van der Waals surface area (Å²) < 4.78 is 19.1. The first kappa shape index (κ1) is 14.0. The highest BCUT2D eigenvalue weighted by Gasteiger charge is 2.15. The molecular weight excluding hydrogens is 263 g/mol. The first-order chi connectivity index (χ1) is 9.26. The fraction of sp³-hybridized carbons (Fsp3) is 0.357. The highest BCUT2D eigenvalue weighted by molar-refractivity contribution is 7.13. The number of benzene rings is 1. The van der Waals surface area contributed by atoms with Crippen LogP contribution in [0.2, 0.25) is 0 Å². The molecule has 0 aliphatic carbocycles. The van der Waals surface area contributed by atoms with Crippen LogP contribution in [0.1, 0.15) is 19.0 Å². The van der Waals surface area contributed by atoms with Crippen LogP contribution in [-0.4, -0.2) is 18.6 Å². The molecule has 0 aliphatic rings. The van der Waals surface area contributed by atoms with Gasteiger partial charge in [-0.3, -0.25) is 0 Å². The SMILES string of the molecule is CCCNCc1csc(-c2c(F)cccc2OC)n1. The molecular formula is C14H17FN2OS. The molecule has 3 nitrogen and oxygen atoms in total. The molecule has 0 radical (unpaired) electrons. The van der Waals surface area contributed by atoms with Crippen LogP contribution >= 0.6 is 11.3 Å². The predicted molar refractivity (Wildman–Crippen MR) is 76.1 cm³/mol. The average molecular weight is 280 g/mol. The maximum absolute atomic E-state index is 13.9. The number of methoxy groups -OCH3 is 1. The van der Waals surface area contributed by atoms with Crippen molar-refractivity contribution in [3.63, 3.8) is 0 Å². The van der Waals surface area contributed by atoms with Crippen LogP contribution in [0.25, 0.3) is 10.6 Å². The van der Waals surface area contributed by atoms with E-state index in [1.54, 1.807) is 12.1 Å². The molecule has 0 saturated carbocycles. The summed E-state index contributed by atoms with van der Waals surface area (Å²) in [5, 5.41) is 5.88. The van der Waals surface area contributed by atoms with Gasteiger partial charge in [0.1, 0.15) is 16.6 Å². The van der Waals surface area contributed by atoms with E-state index >= 15 is 0 Å². The van der Waals surface area contributed by atoms with Crippen LogP contribution < -0.4 is 10.1 Å². The minimum atomic E-state index is -0.304. The Balaban J connectivity index is 2.23. The molecule has 0 saturated heterocycles. The first-order valence-corrected chi connectivity index (χ1v) is 7.12. The lowest BCUT2D eigenvalue weighted by Crippen LogP contribution is -2.13. The number of halogens is 1. The zero-order valence-electron chi connectivity index (χ0n) is 11.1. The second kappa shape index (κ2) is 6.63. The molecule has 102 valence electrons. The van der Waals surface area contributed by atoms with E-state index in [9.17, 15) is 4.39 Å². The Morgan fingerprint density at radius 3 is 3.00 bits per heavy atom. The largest absolute Gasteiger partial charge is 0.496 e. The van der Waals surface area contributed by atoms with Gasteiger partial charge < -0.3 is 10.1 Å². The zero-order chi connectivity index (χ0) is 13.7. The van der Waals surface area contributed by atoms with Gasteiger partial charge in [-0.1, -0.05) is 13.0 Å². The Kier molecular flexibility index (Phi) is 4.87. The third kappa shape index (κ3) is 3.30. The molecule has 0 atom stereocenters. The Hall–Kier alpha value is -1.46. The summed E-state index contributed by atoms with van der Waals surface area (Å²) in [6.07, 6.45) is 1.08. The number of hydrogen-bond acceptors (Lipinski definition) is 4. The van der Waals surface area contributed by atoms with E-state index in [1.807, 2.05) is 5.38 Å². The third-order valence-electron chi connectivity index (χ3n) is 2.69. The summed E-state index contributed by atoms with van der Waals surface area (Å²) in [6, 6.07) is 4.80. The van der Waals surface area contributed by atoms with Crippen molar-refractivity contribution < 1.29 is 9.13 Å². The number of nitrogens with one attached hydrogen (secondary N) is 1. The van der Waals surface area contributed by atoms with Gasteiger partial charge in [0, 0.05) is 11.9 Å². The average Bonchev–Trinajstić information content (AvgIpc) is 2.87. The smallest absolute Gasteiger partial charge is 0.137 e. The Morgan fingerprint density at radius 1 is 1.42 bits per heavy atom. The topological polar surface area (TPSA) is 34.1 Å². The molecule has 2 rings (SSSR count). The zero-order valence-corrected chi connectivity index (χ0v) is 11.9. The summed E-state index contributed by atoms with van der Waals surface area (Å²) in [4.78, 5) is 4.46. The van der Waals surface area contributed by atoms with Crippen molar-refractivity contribution in [3.05, 3.63) is 35.1 Å². The van der Waals surface area contributed by atoms with Gasteiger partial charge >= 0.3 is 0 Å². The number of ether oxygens (including phenoxy) is 1. The fourth-order valence-corrected chi connectivity index (χ4v) is 2.65. The second-order valence-corrected chi connectivity index (χ2v) is 5.00. The normalized spacial score (nSPS) is 10.7. The van der Waals surface area contributed by atoms with Gasteiger partial charge in [-0.05, 0) is 25.1 Å². The molecule has 19 heavy (non-hydrogen) atoms. The van der Waals surface area contributed by atoms with Crippen molar-refractivity contribution in [2.75, 3.05) is 13.7 Å². The first-order valence-electron chi connectivity index (χ1n) is 6.24. The van der Waals surface area contributed by atoms with E-state index < -0.39 is 0 Å². The summed E-state index contributed by atoms with van der Waals surface area (Å²) in [7, 11) is 1.54. The lowest BCUT2D eigenvalue weighted by atomic mass is 10.2. The van der Waals surface area contributed by atoms with Gasteiger partial charge in [0.25, 0.3) is 0 Å². The molecule has 0 unspecified atom stereocenters. The van der Waals surface area contributed by atoms with E-state index in [-0.39, 0.29) is 5.82 Å². The van der Waals surface area contributed by atoms with Gasteiger partial charge in [0.2, 0.25) is 0 Å². The van der Waals surface area contributed by atoms with E-state index in [1.165, 1.54) is 24.5 Å². The maximum atomic E-state index is 13.9. The molecule has 0 fully saturated rings. The van der Waals surface area contributed by atoms with Gasteiger partial charge in [0.15, 0.2) is 0 Å². The number of thiazole rings is 1. The van der Waals surface area contributed by atoms with Crippen LogP contribution in [0.4, 0.5) is 4.39 Å². The summed E-state index contributed by atoms with van der Waals surface area (Å²) >= 11 is 1.43. The Bertz CT molecular complexity index is 542. The molecule has 5 heteroatoms. The van der Waals surface area contributed by atoms with Gasteiger partial charge in [0.05, 0.1) is 18.4 Å². The molecule has 0 spiro atoms. The number of nitrogens with zero attached hydrogens (tertiary/aromatic N) is 1. The van der Waals surface area contributed by atoms with Crippen molar-refractivity contribution in [3.8, 4) is 16.3 Å². The predicted octanol–water partition coefficient (Wildman–Crippen LogP) is 3.46. The van der Waals surface area contributed by atoms with Crippen molar-refractivity contribution >= 4 is 11.3 Å². The standard InChI is InChI=1S/C14H17FN2OS/c1-3-7-16-8-10-9-19-14(17-10)13-11(15)5-4-6-12(13)18-2/h4-6,9,16H,3,7-8H2,1-2H3. The van der Waals surface area contributed by atoms with E-state index in [0.717, 1.165) is 18.7 Å². The highest BCUT2D eigenvalue weighted by Crippen LogP contribution is 2.34. The number of rotatable bonds is 6. The lowest BCUT2D eigenvalue weighted by molar-refractivity contribution is 0.413. The minimum absolute atomic E-state index is 0.304. The monoisotopic (exact) mass is 280 g/mol. The Morgan fingerprint density at radius 2 is 2.26 bits per heavy atom. The summed E-state index contributed by atoms with van der Waals surface area (Å²) in [6.45, 7) is 3.78. The number of aromatic nitrogens is 1. The van der Waals surface area contributed by atoms with E-state index in [2.05, 4.69) is 17.2 Å². The third-order valence-corrected chi connectivity index (χ3v) is 3.60. The minimum Gasteiger partial charge on any atom is -0.496 e. The molecule has 1 heterocycles. The van der Waals surface area contributed by atoms with Crippen LogP contribution in [0.15, 0.2) is 23.6 Å². The van der Waals surface area contributed by atoms with Gasteiger partial charge in [-0.25, -0.2) is 9.37 Å². The summed E-state index contributed by atoms with van der Waals surface area (Å²) in [5.74, 6) is 0.212. The van der Waals surface area contributed by atoms with Crippen LogP contribution in [-0.2, 0) is 6.54 Å². The van der Waals surface area contributed by atoms with Crippen molar-refractivity contribution in [1.82, 2.24) is 10.3 Å². The van der Waals surface area contributed by atoms with Crippen LogP contribution in [0, 0.1) is 5.82 Å². The quantitative estimate of drug-likeness (QED) is 0.823. The molecule has 1 N–H and O–H groups in total. The molecule has 0 amide bonds. The molecule has 0 aliphatic heterocycles. The maximum Gasteiger partial charge on any atom is 0.137 e. The highest BCUT2D eigenvalue weighted by atomic mass is 32.1. The van der Waals surface area contributed by atoms with Crippen molar-refractivity contribution in [2.45, 2.75) is 19.9 Å². The van der Waals surface area contributed by atoms with E-state index in [4.69, 9.17) is 4.74 Å². The molecule has 0 bridgehead atoms. The Labute approximate surface area is 116 Å². The second-order valence-electron chi connectivity index (χ2n) is 4.14. The molecule has 1 aromatic carbocycles. The van der Waals surface area contributed by atoms with Crippen LogP contribution in [0.5, 0.6) is 5.75 Å². The van der Waals surface area contributed by atoms with Gasteiger partial charge in [-0.15, -0.1) is 11.3 Å². The van der Waals surface area contributed by atoms with E-state index in [0.29, 0.717) is 22.9 Å². The molecule has 1 aromatic heterocycles. The summed E-state index contributed by atoms with van der Waals surface area (Å²) in [5.41, 5.74) is 1.37. The lowest BCUT2D eigenvalue weighted by Gasteiger charge is -2.06. The number of hydrogen-bond donors (Lipinski definition) is 1.